The van der Waals surface area contributed by atoms with Gasteiger partial charge in [0, 0.05) is 12.0 Å². The molecule has 0 fully saturated rings. The van der Waals surface area contributed by atoms with Crippen molar-refractivity contribution in [2.24, 2.45) is 0 Å². The van der Waals surface area contributed by atoms with E-state index in [4.69, 9.17) is 0 Å². The van der Waals surface area contributed by atoms with Crippen LogP contribution < -0.4 is 0 Å². The van der Waals surface area contributed by atoms with Gasteiger partial charge in [-0.3, -0.25) is 4.79 Å². The molecule has 0 aromatic heterocycles. The Morgan fingerprint density at radius 1 is 1.19 bits per heavy atom. The molecular weight excluding hydrogens is 224 g/mol. The van der Waals surface area contributed by atoms with Gasteiger partial charge >= 0.3 is 0 Å². The van der Waals surface area contributed by atoms with Gasteiger partial charge in [-0.15, -0.1) is 0 Å². The standard InChI is InChI=1S/C12H16O3S/c1-3-7-11(13)10-8-5-6-9-12(10)16(14,15)4-2/h5-6,8-9H,3-4,7H2,1-2H3. The summed E-state index contributed by atoms with van der Waals surface area (Å²) in [5.41, 5.74) is 0.325. The summed E-state index contributed by atoms with van der Waals surface area (Å²) in [6.45, 7) is 3.48. The Labute approximate surface area is 96.4 Å². The average Bonchev–Trinajstić information content (AvgIpc) is 2.29. The lowest BCUT2D eigenvalue weighted by Gasteiger charge is -2.07. The Morgan fingerprint density at radius 2 is 1.81 bits per heavy atom. The Morgan fingerprint density at radius 3 is 2.38 bits per heavy atom. The van der Waals surface area contributed by atoms with Crippen molar-refractivity contribution >= 4 is 15.6 Å². The SMILES string of the molecule is CCCC(=O)c1ccccc1S(=O)(=O)CC. The highest BCUT2D eigenvalue weighted by Crippen LogP contribution is 2.18. The van der Waals surface area contributed by atoms with E-state index in [9.17, 15) is 13.2 Å². The molecule has 88 valence electrons. The second kappa shape index (κ2) is 5.25. The van der Waals surface area contributed by atoms with E-state index in [0.717, 1.165) is 6.42 Å². The van der Waals surface area contributed by atoms with Crippen LogP contribution in [0, 0.1) is 0 Å². The number of rotatable bonds is 5. The monoisotopic (exact) mass is 240 g/mol. The van der Waals surface area contributed by atoms with E-state index in [1.54, 1.807) is 25.1 Å². The zero-order chi connectivity index (χ0) is 12.2. The lowest BCUT2D eigenvalue weighted by molar-refractivity contribution is 0.0978. The second-order valence-corrected chi connectivity index (χ2v) is 5.82. The number of hydrogen-bond donors (Lipinski definition) is 0. The summed E-state index contributed by atoms with van der Waals surface area (Å²) in [7, 11) is -3.31. The molecule has 1 rings (SSSR count). The molecule has 0 aliphatic carbocycles. The van der Waals surface area contributed by atoms with Gasteiger partial charge < -0.3 is 0 Å². The topological polar surface area (TPSA) is 51.2 Å². The predicted octanol–water partition coefficient (Wildman–Crippen LogP) is 2.46. The molecule has 4 heteroatoms. The summed E-state index contributed by atoms with van der Waals surface area (Å²) in [5, 5.41) is 0. The summed E-state index contributed by atoms with van der Waals surface area (Å²) in [5.74, 6) is -0.0845. The molecule has 0 saturated heterocycles. The third kappa shape index (κ3) is 2.70. The minimum absolute atomic E-state index is 0.0173. The second-order valence-electron chi connectivity index (χ2n) is 3.57. The predicted molar refractivity (Wildman–Crippen MR) is 63.4 cm³/mol. The highest BCUT2D eigenvalue weighted by molar-refractivity contribution is 7.91. The molecular formula is C12H16O3S. The highest BCUT2D eigenvalue weighted by Gasteiger charge is 2.19. The average molecular weight is 240 g/mol. The van der Waals surface area contributed by atoms with Crippen LogP contribution in [0.15, 0.2) is 29.2 Å². The summed E-state index contributed by atoms with van der Waals surface area (Å²) in [4.78, 5) is 11.9. The number of carbonyl (C=O) groups is 1. The molecule has 0 aliphatic heterocycles. The molecule has 16 heavy (non-hydrogen) atoms. The van der Waals surface area contributed by atoms with Crippen LogP contribution in [-0.2, 0) is 9.84 Å². The molecule has 0 bridgehead atoms. The molecule has 1 aromatic rings. The first kappa shape index (κ1) is 12.9. The van der Waals surface area contributed by atoms with Crippen LogP contribution in [0.2, 0.25) is 0 Å². The van der Waals surface area contributed by atoms with Gasteiger partial charge in [0.05, 0.1) is 10.6 Å². The van der Waals surface area contributed by atoms with Gasteiger partial charge in [-0.1, -0.05) is 32.0 Å². The molecule has 0 amide bonds. The largest absolute Gasteiger partial charge is 0.294 e. The van der Waals surface area contributed by atoms with E-state index >= 15 is 0 Å². The van der Waals surface area contributed by atoms with Gasteiger partial charge in [-0.25, -0.2) is 8.42 Å². The third-order valence-electron chi connectivity index (χ3n) is 2.38. The van der Waals surface area contributed by atoms with Crippen molar-refractivity contribution in [2.75, 3.05) is 5.75 Å². The number of benzene rings is 1. The van der Waals surface area contributed by atoms with E-state index in [-0.39, 0.29) is 16.4 Å². The molecule has 1 aromatic carbocycles. The van der Waals surface area contributed by atoms with Crippen LogP contribution in [0.5, 0.6) is 0 Å². The van der Waals surface area contributed by atoms with Crippen molar-refractivity contribution in [3.63, 3.8) is 0 Å². The summed E-state index contributed by atoms with van der Waals surface area (Å²) < 4.78 is 23.6. The van der Waals surface area contributed by atoms with E-state index in [1.165, 1.54) is 6.07 Å². The van der Waals surface area contributed by atoms with Gasteiger partial charge in [0.2, 0.25) is 0 Å². The Kier molecular flexibility index (Phi) is 4.24. The van der Waals surface area contributed by atoms with E-state index in [2.05, 4.69) is 0 Å². The molecule has 0 N–H and O–H groups in total. The maximum absolute atomic E-state index is 11.8. The molecule has 0 radical (unpaired) electrons. The normalized spacial score (nSPS) is 11.4. The maximum atomic E-state index is 11.8. The molecule has 3 nitrogen and oxygen atoms in total. The van der Waals surface area contributed by atoms with Crippen molar-refractivity contribution in [3.05, 3.63) is 29.8 Å². The first-order valence-electron chi connectivity index (χ1n) is 5.38. The number of Topliss-reactive ketones (excluding diaryl/α,β-unsaturated/α-hetero) is 1. The Bertz CT molecular complexity index is 475. The van der Waals surface area contributed by atoms with Crippen LogP contribution in [0.3, 0.4) is 0 Å². The first-order chi connectivity index (χ1) is 7.53. The minimum Gasteiger partial charge on any atom is -0.294 e. The zero-order valence-corrected chi connectivity index (χ0v) is 10.4. The fraction of sp³-hybridized carbons (Fsp3) is 0.417. The number of ketones is 1. The van der Waals surface area contributed by atoms with Gasteiger partial charge in [-0.2, -0.15) is 0 Å². The lowest BCUT2D eigenvalue weighted by Crippen LogP contribution is -2.10. The molecule has 0 unspecified atom stereocenters. The molecule has 0 aliphatic rings. The van der Waals surface area contributed by atoms with Crippen molar-refractivity contribution in [2.45, 2.75) is 31.6 Å². The summed E-state index contributed by atoms with van der Waals surface area (Å²) >= 11 is 0. The molecule has 0 atom stereocenters. The maximum Gasteiger partial charge on any atom is 0.178 e. The summed E-state index contributed by atoms with van der Waals surface area (Å²) in [6, 6.07) is 6.42. The molecule has 0 spiro atoms. The number of hydrogen-bond acceptors (Lipinski definition) is 3. The number of carbonyl (C=O) groups excluding carboxylic acids is 1. The highest BCUT2D eigenvalue weighted by atomic mass is 32.2. The third-order valence-corrected chi connectivity index (χ3v) is 4.17. The first-order valence-corrected chi connectivity index (χ1v) is 7.03. The van der Waals surface area contributed by atoms with Crippen LogP contribution >= 0.6 is 0 Å². The quantitative estimate of drug-likeness (QED) is 0.743. The van der Waals surface area contributed by atoms with Crippen molar-refractivity contribution in [1.82, 2.24) is 0 Å². The van der Waals surface area contributed by atoms with Gasteiger partial charge in [0.15, 0.2) is 15.6 Å². The number of sulfone groups is 1. The van der Waals surface area contributed by atoms with Crippen LogP contribution in [0.4, 0.5) is 0 Å². The van der Waals surface area contributed by atoms with Crippen molar-refractivity contribution in [3.8, 4) is 0 Å². The van der Waals surface area contributed by atoms with Crippen molar-refractivity contribution < 1.29 is 13.2 Å². The van der Waals surface area contributed by atoms with E-state index < -0.39 is 9.84 Å². The van der Waals surface area contributed by atoms with Crippen molar-refractivity contribution in [1.29, 1.82) is 0 Å². The van der Waals surface area contributed by atoms with Crippen LogP contribution in [0.25, 0.3) is 0 Å². The fourth-order valence-electron chi connectivity index (χ4n) is 1.49. The minimum atomic E-state index is -3.31. The van der Waals surface area contributed by atoms with E-state index in [1.807, 2.05) is 6.92 Å². The fourth-order valence-corrected chi connectivity index (χ4v) is 2.60. The Balaban J connectivity index is 3.26. The smallest absolute Gasteiger partial charge is 0.178 e. The van der Waals surface area contributed by atoms with E-state index in [0.29, 0.717) is 12.0 Å². The van der Waals surface area contributed by atoms with Gasteiger partial charge in [-0.05, 0) is 12.5 Å². The van der Waals surface area contributed by atoms with Gasteiger partial charge in [0.1, 0.15) is 0 Å². The molecule has 0 heterocycles. The Hall–Kier alpha value is -1.16. The molecule has 0 saturated carbocycles. The van der Waals surface area contributed by atoms with Crippen LogP contribution in [-0.4, -0.2) is 20.0 Å². The lowest BCUT2D eigenvalue weighted by atomic mass is 10.1. The zero-order valence-electron chi connectivity index (χ0n) is 9.56. The van der Waals surface area contributed by atoms with Crippen LogP contribution in [0.1, 0.15) is 37.0 Å². The summed E-state index contributed by atoms with van der Waals surface area (Å²) in [6.07, 6.45) is 1.11. The van der Waals surface area contributed by atoms with Gasteiger partial charge in [0.25, 0.3) is 0 Å².